The molecule has 1 saturated carbocycles. The van der Waals surface area contributed by atoms with E-state index < -0.39 is 11.7 Å². The fourth-order valence-electron chi connectivity index (χ4n) is 3.25. The molecule has 0 amide bonds. The van der Waals surface area contributed by atoms with E-state index in [0.29, 0.717) is 5.82 Å². The summed E-state index contributed by atoms with van der Waals surface area (Å²) in [6.45, 7) is 0. The second kappa shape index (κ2) is 5.84. The molecule has 25 heavy (non-hydrogen) atoms. The first-order valence-electron chi connectivity index (χ1n) is 7.85. The number of para-hydroxylation sites is 1. The Kier molecular flexibility index (Phi) is 3.76. The fraction of sp³-hybridized carbons (Fsp3) is 0.222. The maximum Gasteiger partial charge on any atom is 0.418 e. The normalized spacial score (nSPS) is 19.8. The quantitative estimate of drug-likeness (QED) is 0.649. The van der Waals surface area contributed by atoms with E-state index in [1.807, 2.05) is 30.3 Å². The van der Waals surface area contributed by atoms with Gasteiger partial charge in [-0.2, -0.15) is 18.3 Å². The Bertz CT molecular complexity index is 959. The van der Waals surface area contributed by atoms with Crippen LogP contribution in [0.1, 0.15) is 35.2 Å². The third-order valence-electron chi connectivity index (χ3n) is 4.50. The van der Waals surface area contributed by atoms with E-state index in [0.717, 1.165) is 18.1 Å². The van der Waals surface area contributed by atoms with Crippen molar-refractivity contribution in [3.63, 3.8) is 0 Å². The molecule has 2 atom stereocenters. The van der Waals surface area contributed by atoms with Crippen LogP contribution in [0.15, 0.2) is 54.6 Å². The van der Waals surface area contributed by atoms with Gasteiger partial charge in [0.05, 0.1) is 11.3 Å². The van der Waals surface area contributed by atoms with Crippen LogP contribution >= 0.6 is 12.2 Å². The van der Waals surface area contributed by atoms with Crippen molar-refractivity contribution >= 4 is 12.2 Å². The van der Waals surface area contributed by atoms with Gasteiger partial charge in [-0.25, -0.2) is 0 Å². The minimum Gasteiger partial charge on any atom is -0.271 e. The molecule has 1 heterocycles. The molecule has 0 radical (unpaired) electrons. The van der Waals surface area contributed by atoms with Crippen LogP contribution in [0.3, 0.4) is 0 Å². The fourth-order valence-corrected chi connectivity index (χ4v) is 3.49. The molecule has 0 spiro atoms. The Balaban J connectivity index is 1.78. The lowest BCUT2D eigenvalue weighted by molar-refractivity contribution is -0.137. The lowest BCUT2D eigenvalue weighted by Gasteiger charge is -2.14. The number of aromatic amines is 1. The van der Waals surface area contributed by atoms with Gasteiger partial charge in [0, 0.05) is 5.92 Å². The van der Waals surface area contributed by atoms with Crippen LogP contribution in [0.4, 0.5) is 13.2 Å². The van der Waals surface area contributed by atoms with Crippen molar-refractivity contribution < 1.29 is 13.2 Å². The van der Waals surface area contributed by atoms with Crippen molar-refractivity contribution in [1.29, 1.82) is 0 Å². The van der Waals surface area contributed by atoms with Crippen LogP contribution < -0.4 is 0 Å². The molecule has 0 aliphatic heterocycles. The van der Waals surface area contributed by atoms with Gasteiger partial charge in [0.2, 0.25) is 0 Å². The smallest absolute Gasteiger partial charge is 0.271 e. The highest BCUT2D eigenvalue weighted by atomic mass is 32.1. The highest BCUT2D eigenvalue weighted by molar-refractivity contribution is 7.71. The summed E-state index contributed by atoms with van der Waals surface area (Å²) in [6.07, 6.45) is -3.61. The van der Waals surface area contributed by atoms with Crippen molar-refractivity contribution in [2.45, 2.75) is 24.4 Å². The molecule has 1 fully saturated rings. The van der Waals surface area contributed by atoms with E-state index in [1.54, 1.807) is 6.07 Å². The van der Waals surface area contributed by atoms with Crippen LogP contribution in [0.2, 0.25) is 0 Å². The Morgan fingerprint density at radius 3 is 2.40 bits per heavy atom. The van der Waals surface area contributed by atoms with Gasteiger partial charge in [0.1, 0.15) is 5.82 Å². The van der Waals surface area contributed by atoms with Gasteiger partial charge in [-0.1, -0.05) is 42.5 Å². The number of nitrogens with one attached hydrogen (secondary N) is 1. The highest BCUT2D eigenvalue weighted by Gasteiger charge is 2.44. The number of nitrogens with zero attached hydrogens (tertiary/aromatic N) is 2. The average Bonchev–Trinajstić information content (AvgIpc) is 3.30. The minimum atomic E-state index is -4.46. The first kappa shape index (κ1) is 16.1. The monoisotopic (exact) mass is 361 g/mol. The van der Waals surface area contributed by atoms with Gasteiger partial charge in [0.25, 0.3) is 0 Å². The molecule has 1 aliphatic carbocycles. The summed E-state index contributed by atoms with van der Waals surface area (Å²) in [6, 6.07) is 15.4. The summed E-state index contributed by atoms with van der Waals surface area (Å²) in [7, 11) is 0. The highest BCUT2D eigenvalue weighted by Crippen LogP contribution is 2.54. The second-order valence-corrected chi connectivity index (χ2v) is 6.48. The lowest BCUT2D eigenvalue weighted by atomic mass is 10.1. The predicted molar refractivity (Wildman–Crippen MR) is 90.3 cm³/mol. The van der Waals surface area contributed by atoms with Crippen molar-refractivity contribution in [3.8, 4) is 5.69 Å². The maximum absolute atomic E-state index is 13.4. The minimum absolute atomic E-state index is 0.0162. The van der Waals surface area contributed by atoms with E-state index in [1.165, 1.54) is 16.7 Å². The molecule has 1 aromatic heterocycles. The summed E-state index contributed by atoms with van der Waals surface area (Å²) in [4.78, 5) is 0. The first-order chi connectivity index (χ1) is 12.0. The van der Waals surface area contributed by atoms with E-state index in [2.05, 4.69) is 10.2 Å². The standard InChI is InChI=1S/C18H14F3N3S/c19-18(20,21)14-8-4-5-9-15(14)24-16(22-23-17(24)25)13-10-12(13)11-6-2-1-3-7-11/h1-9,12-13H,10H2,(H,23,25)/t12-,13+/m1/s1. The molecular formula is C18H14F3N3S. The zero-order chi connectivity index (χ0) is 17.6. The number of H-pyrrole nitrogens is 1. The summed E-state index contributed by atoms with van der Waals surface area (Å²) in [5.74, 6) is 0.857. The molecule has 128 valence electrons. The summed E-state index contributed by atoms with van der Waals surface area (Å²) < 4.78 is 41.7. The molecule has 3 nitrogen and oxygen atoms in total. The molecule has 2 aromatic carbocycles. The van der Waals surface area contributed by atoms with Crippen LogP contribution in [-0.4, -0.2) is 14.8 Å². The second-order valence-electron chi connectivity index (χ2n) is 6.10. The van der Waals surface area contributed by atoms with Crippen molar-refractivity contribution in [1.82, 2.24) is 14.8 Å². The van der Waals surface area contributed by atoms with Crippen LogP contribution in [0.25, 0.3) is 5.69 Å². The lowest BCUT2D eigenvalue weighted by Crippen LogP contribution is -2.12. The third-order valence-corrected chi connectivity index (χ3v) is 4.77. The summed E-state index contributed by atoms with van der Waals surface area (Å²) in [5, 5.41) is 6.89. The van der Waals surface area contributed by atoms with Crippen molar-refractivity contribution in [2.75, 3.05) is 0 Å². The number of rotatable bonds is 3. The number of alkyl halides is 3. The molecule has 1 aliphatic rings. The Morgan fingerprint density at radius 1 is 1.00 bits per heavy atom. The van der Waals surface area contributed by atoms with Gasteiger partial charge in [0.15, 0.2) is 4.77 Å². The summed E-state index contributed by atoms with van der Waals surface area (Å²) >= 11 is 5.22. The van der Waals surface area contributed by atoms with Gasteiger partial charge in [-0.3, -0.25) is 9.67 Å². The van der Waals surface area contributed by atoms with E-state index >= 15 is 0 Å². The number of hydrogen-bond acceptors (Lipinski definition) is 2. The Morgan fingerprint density at radius 2 is 1.68 bits per heavy atom. The van der Waals surface area contributed by atoms with Crippen molar-refractivity contribution in [2.24, 2.45) is 0 Å². The molecule has 4 rings (SSSR count). The van der Waals surface area contributed by atoms with Gasteiger partial charge < -0.3 is 0 Å². The van der Waals surface area contributed by atoms with Gasteiger partial charge in [-0.15, -0.1) is 0 Å². The number of hydrogen-bond donors (Lipinski definition) is 1. The molecule has 0 unspecified atom stereocenters. The Labute approximate surface area is 147 Å². The topological polar surface area (TPSA) is 33.6 Å². The summed E-state index contributed by atoms with van der Waals surface area (Å²) in [5.41, 5.74) is 0.463. The van der Waals surface area contributed by atoms with Gasteiger partial charge in [-0.05, 0) is 42.3 Å². The number of benzene rings is 2. The molecule has 1 N–H and O–H groups in total. The number of halogens is 3. The predicted octanol–water partition coefficient (Wildman–Crippen LogP) is 5.22. The SMILES string of the molecule is FC(F)(F)c1ccccc1-n1c([C@H]2C[C@@H]2c2ccccc2)n[nH]c1=S. The zero-order valence-electron chi connectivity index (χ0n) is 13.0. The largest absolute Gasteiger partial charge is 0.418 e. The molecular weight excluding hydrogens is 347 g/mol. The van der Waals surface area contributed by atoms with Crippen LogP contribution in [0.5, 0.6) is 0 Å². The Hall–Kier alpha value is -2.41. The van der Waals surface area contributed by atoms with E-state index in [9.17, 15) is 13.2 Å². The van der Waals surface area contributed by atoms with E-state index in [-0.39, 0.29) is 22.3 Å². The number of aromatic nitrogens is 3. The third kappa shape index (κ3) is 2.89. The molecule has 7 heteroatoms. The maximum atomic E-state index is 13.4. The zero-order valence-corrected chi connectivity index (χ0v) is 13.8. The van der Waals surface area contributed by atoms with Gasteiger partial charge >= 0.3 is 6.18 Å². The molecule has 3 aromatic rings. The molecule has 0 saturated heterocycles. The molecule has 0 bridgehead atoms. The van der Waals surface area contributed by atoms with Crippen LogP contribution in [-0.2, 0) is 6.18 Å². The van der Waals surface area contributed by atoms with E-state index in [4.69, 9.17) is 12.2 Å². The van der Waals surface area contributed by atoms with Crippen LogP contribution in [0, 0.1) is 4.77 Å². The van der Waals surface area contributed by atoms with Crippen molar-refractivity contribution in [3.05, 3.63) is 76.3 Å². The first-order valence-corrected chi connectivity index (χ1v) is 8.26. The average molecular weight is 361 g/mol.